The summed E-state index contributed by atoms with van der Waals surface area (Å²) in [5.41, 5.74) is 4.60. The average Bonchev–Trinajstić information content (AvgIpc) is 2.34. The van der Waals surface area contributed by atoms with Crippen LogP contribution in [0.1, 0.15) is 15.9 Å². The molecule has 0 aromatic heterocycles. The van der Waals surface area contributed by atoms with Crippen LogP contribution in [0.2, 0.25) is 0 Å². The number of amides is 1. The van der Waals surface area contributed by atoms with E-state index in [1.807, 2.05) is 5.92 Å². The van der Waals surface area contributed by atoms with E-state index < -0.39 is 16.8 Å². The molecule has 0 bridgehead atoms. The number of methoxy groups -OCH3 is 1. The van der Waals surface area contributed by atoms with Crippen LogP contribution in [0.3, 0.4) is 0 Å². The van der Waals surface area contributed by atoms with E-state index in [9.17, 15) is 19.7 Å². The maximum absolute atomic E-state index is 11.4. The predicted molar refractivity (Wildman–Crippen MR) is 60.5 cm³/mol. The smallest absolute Gasteiger partial charge is 0.339 e. The van der Waals surface area contributed by atoms with Crippen molar-refractivity contribution in [2.45, 2.75) is 0 Å². The molecule has 18 heavy (non-hydrogen) atoms. The van der Waals surface area contributed by atoms with Crippen LogP contribution in [0, 0.1) is 22.0 Å². The summed E-state index contributed by atoms with van der Waals surface area (Å²) in [4.78, 5) is 31.9. The molecule has 1 rings (SSSR count). The number of nitro groups is 1. The van der Waals surface area contributed by atoms with E-state index in [1.165, 1.54) is 6.07 Å². The Hall–Kier alpha value is -2.88. The van der Waals surface area contributed by atoms with E-state index >= 15 is 0 Å². The number of carbonyl (C=O) groups excluding carboxylic acids is 2. The molecular weight excluding hydrogens is 240 g/mol. The minimum absolute atomic E-state index is 0.0968. The highest BCUT2D eigenvalue weighted by molar-refractivity contribution is 5.96. The normalized spacial score (nSPS) is 8.94. The van der Waals surface area contributed by atoms with E-state index in [1.54, 1.807) is 0 Å². The number of nitrogens with two attached hydrogens (primary N) is 1. The number of primary amides is 1. The maximum Gasteiger partial charge on any atom is 0.339 e. The summed E-state index contributed by atoms with van der Waals surface area (Å²) in [5.74, 6) is 2.73. The van der Waals surface area contributed by atoms with Crippen molar-refractivity contribution in [3.8, 4) is 11.8 Å². The third-order valence-electron chi connectivity index (χ3n) is 1.94. The minimum atomic E-state index is -0.871. The Labute approximate surface area is 102 Å². The summed E-state index contributed by atoms with van der Waals surface area (Å²) in [6.07, 6.45) is 0. The largest absolute Gasteiger partial charge is 0.465 e. The molecule has 0 unspecified atom stereocenters. The molecule has 92 valence electrons. The highest BCUT2D eigenvalue weighted by Crippen LogP contribution is 2.18. The van der Waals surface area contributed by atoms with Crippen LogP contribution in [0.25, 0.3) is 0 Å². The van der Waals surface area contributed by atoms with Gasteiger partial charge in [0.1, 0.15) is 0 Å². The van der Waals surface area contributed by atoms with E-state index in [0.717, 1.165) is 19.2 Å². The standard InChI is InChI=1S/C11H8N2O5/c1-18-11(15)9-6-8(13(16)17)4-2-7(9)3-5-10(12)14/h2,4,6H,1H3,(H2,12,14). The molecule has 1 amide bonds. The van der Waals surface area contributed by atoms with Crippen molar-refractivity contribution in [3.63, 3.8) is 0 Å². The monoisotopic (exact) mass is 248 g/mol. The van der Waals surface area contributed by atoms with Gasteiger partial charge in [-0.25, -0.2) is 4.79 Å². The number of hydrogen-bond acceptors (Lipinski definition) is 5. The van der Waals surface area contributed by atoms with Crippen molar-refractivity contribution in [1.29, 1.82) is 0 Å². The predicted octanol–water partition coefficient (Wildman–Crippen LogP) is 0.218. The molecule has 0 saturated carbocycles. The van der Waals surface area contributed by atoms with E-state index in [2.05, 4.69) is 10.7 Å². The van der Waals surface area contributed by atoms with E-state index in [4.69, 9.17) is 5.73 Å². The molecule has 0 heterocycles. The molecule has 0 aliphatic carbocycles. The summed E-state index contributed by atoms with van der Waals surface area (Å²) in [6, 6.07) is 3.44. The Morgan fingerprint density at radius 2 is 2.11 bits per heavy atom. The van der Waals surface area contributed by atoms with Gasteiger partial charge in [0.15, 0.2) is 0 Å². The van der Waals surface area contributed by atoms with Gasteiger partial charge >= 0.3 is 5.97 Å². The molecule has 0 aliphatic heterocycles. The zero-order valence-corrected chi connectivity index (χ0v) is 9.30. The molecule has 0 fully saturated rings. The van der Waals surface area contributed by atoms with Gasteiger partial charge in [0.05, 0.1) is 17.6 Å². The Bertz CT molecular complexity index is 583. The zero-order valence-electron chi connectivity index (χ0n) is 9.30. The summed E-state index contributed by atoms with van der Waals surface area (Å²) >= 11 is 0. The van der Waals surface area contributed by atoms with Gasteiger partial charge in [0.2, 0.25) is 0 Å². The van der Waals surface area contributed by atoms with E-state index in [0.29, 0.717) is 0 Å². The van der Waals surface area contributed by atoms with Crippen molar-refractivity contribution in [1.82, 2.24) is 0 Å². The Morgan fingerprint density at radius 3 is 2.61 bits per heavy atom. The van der Waals surface area contributed by atoms with Gasteiger partial charge in [-0.05, 0) is 6.07 Å². The Balaban J connectivity index is 3.35. The number of nitro benzene ring substituents is 1. The van der Waals surface area contributed by atoms with Crippen LogP contribution in [0.15, 0.2) is 18.2 Å². The van der Waals surface area contributed by atoms with Gasteiger partial charge < -0.3 is 10.5 Å². The van der Waals surface area contributed by atoms with Crippen LogP contribution < -0.4 is 5.73 Å². The van der Waals surface area contributed by atoms with Crippen molar-refractivity contribution in [2.24, 2.45) is 5.73 Å². The fraction of sp³-hybridized carbons (Fsp3) is 0.0909. The van der Waals surface area contributed by atoms with Crippen molar-refractivity contribution < 1.29 is 19.2 Å². The lowest BCUT2D eigenvalue weighted by molar-refractivity contribution is -0.384. The molecule has 7 nitrogen and oxygen atoms in total. The molecule has 1 aromatic rings. The highest BCUT2D eigenvalue weighted by Gasteiger charge is 2.16. The molecule has 7 heteroatoms. The van der Waals surface area contributed by atoms with Crippen LogP contribution >= 0.6 is 0 Å². The van der Waals surface area contributed by atoms with Gasteiger partial charge in [-0.1, -0.05) is 5.92 Å². The number of esters is 1. The molecule has 2 N–H and O–H groups in total. The minimum Gasteiger partial charge on any atom is -0.465 e. The second kappa shape index (κ2) is 5.45. The molecule has 0 spiro atoms. The topological polar surface area (TPSA) is 113 Å². The lowest BCUT2D eigenvalue weighted by Crippen LogP contribution is -2.08. The molecule has 0 saturated heterocycles. The maximum atomic E-state index is 11.4. The highest BCUT2D eigenvalue weighted by atomic mass is 16.6. The molecular formula is C11H8N2O5. The fourth-order valence-corrected chi connectivity index (χ4v) is 1.16. The van der Waals surface area contributed by atoms with Gasteiger partial charge in [0, 0.05) is 23.6 Å². The van der Waals surface area contributed by atoms with Crippen molar-refractivity contribution in [2.75, 3.05) is 7.11 Å². The number of hydrogen-bond donors (Lipinski definition) is 1. The number of benzene rings is 1. The van der Waals surface area contributed by atoms with Crippen LogP contribution in [-0.2, 0) is 9.53 Å². The quantitative estimate of drug-likeness (QED) is 0.348. The fourth-order valence-electron chi connectivity index (χ4n) is 1.16. The van der Waals surface area contributed by atoms with Gasteiger partial charge in [0.25, 0.3) is 11.6 Å². The third-order valence-corrected chi connectivity index (χ3v) is 1.94. The summed E-state index contributed by atoms with van der Waals surface area (Å²) in [6.45, 7) is 0. The van der Waals surface area contributed by atoms with Crippen LogP contribution in [0.5, 0.6) is 0 Å². The number of rotatable bonds is 2. The second-order valence-corrected chi connectivity index (χ2v) is 3.09. The van der Waals surface area contributed by atoms with E-state index in [-0.39, 0.29) is 16.8 Å². The van der Waals surface area contributed by atoms with Gasteiger partial charge in [-0.15, -0.1) is 0 Å². The summed E-state index contributed by atoms with van der Waals surface area (Å²) in [7, 11) is 1.13. The zero-order chi connectivity index (χ0) is 13.7. The molecule has 0 atom stereocenters. The number of ether oxygens (including phenoxy) is 1. The summed E-state index contributed by atoms with van der Waals surface area (Å²) in [5, 5.41) is 10.6. The van der Waals surface area contributed by atoms with Crippen molar-refractivity contribution >= 4 is 17.6 Å². The lowest BCUT2D eigenvalue weighted by atomic mass is 10.1. The SMILES string of the molecule is COC(=O)c1cc([N+](=O)[O-])ccc1C#CC(N)=O. The molecule has 1 aromatic carbocycles. The Morgan fingerprint density at radius 1 is 1.44 bits per heavy atom. The third kappa shape index (κ3) is 3.05. The van der Waals surface area contributed by atoms with Gasteiger partial charge in [-0.2, -0.15) is 0 Å². The summed E-state index contributed by atoms with van der Waals surface area (Å²) < 4.78 is 4.47. The second-order valence-electron chi connectivity index (χ2n) is 3.09. The first-order chi connectivity index (χ1) is 8.45. The number of carbonyl (C=O) groups is 2. The van der Waals surface area contributed by atoms with Crippen LogP contribution in [-0.4, -0.2) is 23.9 Å². The Kier molecular flexibility index (Phi) is 3.99. The first-order valence-corrected chi connectivity index (χ1v) is 4.64. The number of non-ortho nitro benzene ring substituents is 1. The molecule has 0 aliphatic rings. The average molecular weight is 248 g/mol. The first-order valence-electron chi connectivity index (χ1n) is 4.64. The van der Waals surface area contributed by atoms with Crippen LogP contribution in [0.4, 0.5) is 5.69 Å². The first kappa shape index (κ1) is 13.2. The van der Waals surface area contributed by atoms with Crippen molar-refractivity contribution in [3.05, 3.63) is 39.4 Å². The molecule has 0 radical (unpaired) electrons. The number of nitrogens with zero attached hydrogens (tertiary/aromatic N) is 1. The van der Waals surface area contributed by atoms with Gasteiger partial charge in [-0.3, -0.25) is 14.9 Å². The lowest BCUT2D eigenvalue weighted by Gasteiger charge is -2.02.